The molecule has 0 radical (unpaired) electrons. The fraction of sp³-hybridized carbons (Fsp3) is 0.364. The number of aromatic nitrogens is 4. The van der Waals surface area contributed by atoms with Gasteiger partial charge in [0.05, 0.1) is 0 Å². The Hall–Kier alpha value is -2.29. The van der Waals surface area contributed by atoms with Gasteiger partial charge < -0.3 is 15.0 Å². The minimum Gasteiger partial charge on any atom is -0.476 e. The highest BCUT2D eigenvalue weighted by molar-refractivity contribution is 7.17. The summed E-state index contributed by atoms with van der Waals surface area (Å²) in [5.41, 5.74) is -0.205. The van der Waals surface area contributed by atoms with Crippen LogP contribution in [0.2, 0.25) is 0 Å². The predicted molar refractivity (Wildman–Crippen MR) is 72.3 cm³/mol. The summed E-state index contributed by atoms with van der Waals surface area (Å²) in [5, 5.41) is 20.1. The van der Waals surface area contributed by atoms with Gasteiger partial charge in [0, 0.05) is 26.9 Å². The number of carbonyl (C=O) groups excluding carboxylic acids is 1. The van der Waals surface area contributed by atoms with Gasteiger partial charge in [0.25, 0.3) is 0 Å². The van der Waals surface area contributed by atoms with E-state index >= 15 is 0 Å². The second kappa shape index (κ2) is 5.78. The van der Waals surface area contributed by atoms with E-state index in [1.54, 1.807) is 10.9 Å². The number of hydrogen-bond donors (Lipinski definition) is 2. The topological polar surface area (TPSA) is 110 Å². The van der Waals surface area contributed by atoms with Crippen LogP contribution in [-0.4, -0.2) is 43.2 Å². The van der Waals surface area contributed by atoms with Crippen molar-refractivity contribution in [1.29, 1.82) is 0 Å². The Morgan fingerprint density at radius 3 is 2.75 bits per heavy atom. The highest BCUT2D eigenvalue weighted by Gasteiger charge is 2.20. The van der Waals surface area contributed by atoms with E-state index in [1.807, 2.05) is 7.05 Å². The Morgan fingerprint density at radius 2 is 2.25 bits per heavy atom. The lowest BCUT2D eigenvalue weighted by Crippen LogP contribution is -2.09. The van der Waals surface area contributed by atoms with Crippen LogP contribution in [0.4, 0.5) is 5.13 Å². The van der Waals surface area contributed by atoms with E-state index in [9.17, 15) is 9.59 Å². The molecule has 2 rings (SSSR count). The number of anilines is 1. The summed E-state index contributed by atoms with van der Waals surface area (Å²) < 4.78 is 1.80. The molecule has 2 N–H and O–H groups in total. The van der Waals surface area contributed by atoms with E-state index in [0.29, 0.717) is 18.1 Å². The zero-order valence-corrected chi connectivity index (χ0v) is 11.8. The molecule has 0 aliphatic carbocycles. The summed E-state index contributed by atoms with van der Waals surface area (Å²) in [5.74, 6) is -0.701. The van der Waals surface area contributed by atoms with Gasteiger partial charge >= 0.3 is 5.97 Å². The van der Waals surface area contributed by atoms with Crippen LogP contribution in [0.3, 0.4) is 0 Å². The van der Waals surface area contributed by atoms with Crippen molar-refractivity contribution < 1.29 is 14.7 Å². The van der Waals surface area contributed by atoms with Gasteiger partial charge in [-0.3, -0.25) is 4.79 Å². The number of nitrogens with one attached hydrogen (secondary N) is 1. The number of aromatic carboxylic acids is 1. The fourth-order valence-corrected chi connectivity index (χ4v) is 2.47. The van der Waals surface area contributed by atoms with Crippen LogP contribution in [-0.2, 0) is 13.5 Å². The van der Waals surface area contributed by atoms with Gasteiger partial charge in [-0.25, -0.2) is 9.78 Å². The molecule has 0 saturated carbocycles. The molecule has 0 aliphatic heterocycles. The van der Waals surface area contributed by atoms with Crippen molar-refractivity contribution in [2.45, 2.75) is 13.3 Å². The molecule has 0 atom stereocenters. The van der Waals surface area contributed by atoms with Crippen molar-refractivity contribution in [1.82, 2.24) is 19.7 Å². The number of aryl methyl sites for hydroxylation is 1. The number of rotatable bonds is 6. The highest BCUT2D eigenvalue weighted by Crippen LogP contribution is 2.23. The fourth-order valence-electron chi connectivity index (χ4n) is 1.59. The second-order valence-electron chi connectivity index (χ2n) is 4.09. The number of hydrogen-bond acceptors (Lipinski definition) is 7. The minimum absolute atomic E-state index is 0.152. The molecule has 0 fully saturated rings. The molecule has 0 aliphatic rings. The maximum atomic E-state index is 11.3. The third-order valence-electron chi connectivity index (χ3n) is 2.58. The Bertz CT molecular complexity index is 617. The molecule has 8 nitrogen and oxygen atoms in total. The van der Waals surface area contributed by atoms with Crippen molar-refractivity contribution in [3.8, 4) is 0 Å². The molecule has 0 spiro atoms. The average Bonchev–Trinajstić information content (AvgIpc) is 2.97. The molecule has 0 aromatic carbocycles. The van der Waals surface area contributed by atoms with Crippen LogP contribution in [0.1, 0.15) is 32.9 Å². The van der Waals surface area contributed by atoms with Gasteiger partial charge in [-0.15, -0.1) is 10.2 Å². The number of ketones is 1. The van der Waals surface area contributed by atoms with Crippen molar-refractivity contribution in [3.63, 3.8) is 0 Å². The molecule has 0 unspecified atom stereocenters. The van der Waals surface area contributed by atoms with Crippen LogP contribution in [0.5, 0.6) is 0 Å². The van der Waals surface area contributed by atoms with Crippen LogP contribution in [0, 0.1) is 0 Å². The van der Waals surface area contributed by atoms with Gasteiger partial charge in [0.1, 0.15) is 17.0 Å². The normalized spacial score (nSPS) is 10.5. The molecule has 2 heterocycles. The Balaban J connectivity index is 2.03. The number of carboxylic acid groups (broad SMARTS) is 1. The number of carboxylic acids is 1. The van der Waals surface area contributed by atoms with Gasteiger partial charge in [-0.1, -0.05) is 11.3 Å². The summed E-state index contributed by atoms with van der Waals surface area (Å²) in [6.45, 7) is 1.85. The van der Waals surface area contributed by atoms with Gasteiger partial charge in [-0.2, -0.15) is 0 Å². The summed E-state index contributed by atoms with van der Waals surface area (Å²) in [4.78, 5) is 26.4. The third kappa shape index (κ3) is 2.99. The molecule has 2 aromatic heterocycles. The second-order valence-corrected chi connectivity index (χ2v) is 5.09. The Kier molecular flexibility index (Phi) is 4.08. The van der Waals surface area contributed by atoms with Crippen molar-refractivity contribution in [2.24, 2.45) is 7.05 Å². The first kappa shape index (κ1) is 14.1. The standard InChI is InChI=1S/C11H13N5O3S/c1-6(17)9-8(10(18)19)14-11(20-9)12-4-3-7-15-13-5-16(7)2/h5H,3-4H2,1-2H3,(H,12,14)(H,18,19). The molecule has 9 heteroatoms. The SMILES string of the molecule is CC(=O)c1sc(NCCc2nncn2C)nc1C(=O)O. The van der Waals surface area contributed by atoms with E-state index < -0.39 is 5.97 Å². The zero-order chi connectivity index (χ0) is 14.7. The Labute approximate surface area is 118 Å². The monoisotopic (exact) mass is 295 g/mol. The molecule has 0 saturated heterocycles. The number of carbonyl (C=O) groups is 2. The number of thiazole rings is 1. The molecule has 20 heavy (non-hydrogen) atoms. The summed E-state index contributed by atoms with van der Waals surface area (Å²) >= 11 is 1.04. The maximum absolute atomic E-state index is 11.3. The van der Waals surface area contributed by atoms with E-state index in [4.69, 9.17) is 5.11 Å². The summed E-state index contributed by atoms with van der Waals surface area (Å²) in [6.07, 6.45) is 2.23. The first-order valence-electron chi connectivity index (χ1n) is 5.81. The van der Waals surface area contributed by atoms with Crippen molar-refractivity contribution in [3.05, 3.63) is 22.7 Å². The first-order valence-corrected chi connectivity index (χ1v) is 6.62. The van der Waals surface area contributed by atoms with Crippen LogP contribution in [0.15, 0.2) is 6.33 Å². The zero-order valence-electron chi connectivity index (χ0n) is 11.0. The molecular weight excluding hydrogens is 282 g/mol. The van der Waals surface area contributed by atoms with Gasteiger partial charge in [-0.05, 0) is 0 Å². The lowest BCUT2D eigenvalue weighted by molar-refractivity contribution is 0.0687. The van der Waals surface area contributed by atoms with Crippen molar-refractivity contribution >= 4 is 28.2 Å². The maximum Gasteiger partial charge on any atom is 0.356 e. The molecular formula is C11H13N5O3S. The van der Waals surface area contributed by atoms with Crippen LogP contribution in [0.25, 0.3) is 0 Å². The summed E-state index contributed by atoms with van der Waals surface area (Å²) in [6, 6.07) is 0. The first-order chi connectivity index (χ1) is 9.49. The minimum atomic E-state index is -1.20. The quantitative estimate of drug-likeness (QED) is 0.759. The largest absolute Gasteiger partial charge is 0.476 e. The van der Waals surface area contributed by atoms with E-state index in [0.717, 1.165) is 17.2 Å². The molecule has 106 valence electrons. The smallest absolute Gasteiger partial charge is 0.356 e. The van der Waals surface area contributed by atoms with E-state index in [1.165, 1.54) is 6.92 Å². The number of nitrogens with zero attached hydrogens (tertiary/aromatic N) is 4. The highest BCUT2D eigenvalue weighted by atomic mass is 32.1. The predicted octanol–water partition coefficient (Wildman–Crippen LogP) is 0.827. The average molecular weight is 295 g/mol. The molecule has 0 amide bonds. The third-order valence-corrected chi connectivity index (χ3v) is 3.69. The van der Waals surface area contributed by atoms with Crippen molar-refractivity contribution in [2.75, 3.05) is 11.9 Å². The number of Topliss-reactive ketones (excluding diaryl/α,β-unsaturated/α-hetero) is 1. The van der Waals surface area contributed by atoms with Gasteiger partial charge in [0.2, 0.25) is 0 Å². The molecule has 2 aromatic rings. The van der Waals surface area contributed by atoms with Gasteiger partial charge in [0.15, 0.2) is 16.6 Å². The summed E-state index contributed by atoms with van der Waals surface area (Å²) in [7, 11) is 1.84. The van der Waals surface area contributed by atoms with E-state index in [2.05, 4.69) is 20.5 Å². The van der Waals surface area contributed by atoms with E-state index in [-0.39, 0.29) is 16.4 Å². The van der Waals surface area contributed by atoms with Crippen LogP contribution < -0.4 is 5.32 Å². The molecule has 0 bridgehead atoms. The van der Waals surface area contributed by atoms with Crippen LogP contribution >= 0.6 is 11.3 Å². The lowest BCUT2D eigenvalue weighted by Gasteiger charge is -2.01. The lowest BCUT2D eigenvalue weighted by atomic mass is 10.3. The Morgan fingerprint density at radius 1 is 1.50 bits per heavy atom.